The smallest absolute Gasteiger partial charge is 0.0714 e. The monoisotopic (exact) mass is 892 g/mol. The van der Waals surface area contributed by atoms with Gasteiger partial charge in [-0.05, 0) is 180 Å². The van der Waals surface area contributed by atoms with E-state index in [1.165, 1.54) is 133 Å². The standard InChI is InChI=1S/C67H73N/c1-61(2)33-36-64(7,8)57-39-44(27-30-53(57)61)50-42-51-49-25-19-20-26-52(49)67(45-21-15-13-16-22-45,46-23-17-14-18-24-46)56(51)43-60(50)68(47-28-31-54-58(40-47)65(9,10)37-34-62(54,3)4)48-29-32-55-59(41-48)66(11,12)38-35-63(55,5)6/h13-32,39-43H,33-38H2,1-12H3. The quantitative estimate of drug-likeness (QED) is 0.161. The summed E-state index contributed by atoms with van der Waals surface area (Å²) < 4.78 is 0. The number of nitrogens with zero attached hydrogens (tertiary/aromatic N) is 1. The molecular formula is C67H73N. The summed E-state index contributed by atoms with van der Waals surface area (Å²) in [7, 11) is 0. The SMILES string of the molecule is CC1(C)CCC(C)(C)c2cc(-c3cc4c(cc3N(c3ccc5c(c3)C(C)(C)CCC5(C)C)c3ccc5c(c3)C(C)(C)CCC5(C)C)C(c3ccccc3)(c3ccccc3)c3ccccc3-4)ccc21. The normalized spacial score (nSPS) is 20.2. The summed E-state index contributed by atoms with van der Waals surface area (Å²) in [5, 5.41) is 0. The zero-order chi connectivity index (χ0) is 47.8. The molecule has 0 N–H and O–H groups in total. The van der Waals surface area contributed by atoms with Crippen LogP contribution in [0.1, 0.15) is 177 Å². The summed E-state index contributed by atoms with van der Waals surface area (Å²) in [5.41, 5.74) is 23.0. The van der Waals surface area contributed by atoms with Crippen LogP contribution in [-0.4, -0.2) is 0 Å². The molecule has 0 saturated heterocycles. The Hall–Kier alpha value is -5.66. The summed E-state index contributed by atoms with van der Waals surface area (Å²) in [6.07, 6.45) is 7.07. The van der Waals surface area contributed by atoms with Gasteiger partial charge in [0.15, 0.2) is 0 Å². The Balaban J connectivity index is 1.29. The van der Waals surface area contributed by atoms with E-state index in [1.807, 2.05) is 0 Å². The van der Waals surface area contributed by atoms with Gasteiger partial charge in [-0.15, -0.1) is 0 Å². The zero-order valence-electron chi connectivity index (χ0n) is 43.1. The van der Waals surface area contributed by atoms with Crippen molar-refractivity contribution < 1.29 is 0 Å². The van der Waals surface area contributed by atoms with E-state index in [1.54, 1.807) is 0 Å². The van der Waals surface area contributed by atoms with Crippen LogP contribution < -0.4 is 4.90 Å². The van der Waals surface area contributed by atoms with Crippen LogP contribution in [-0.2, 0) is 37.9 Å². The number of hydrogen-bond donors (Lipinski definition) is 0. The van der Waals surface area contributed by atoms with Crippen molar-refractivity contribution in [2.45, 2.75) is 160 Å². The van der Waals surface area contributed by atoms with Gasteiger partial charge in [-0.25, -0.2) is 0 Å². The molecule has 0 radical (unpaired) electrons. The van der Waals surface area contributed by atoms with E-state index < -0.39 is 5.41 Å². The fraction of sp³-hybridized carbons (Fsp3) is 0.373. The lowest BCUT2D eigenvalue weighted by atomic mass is 9.62. The number of rotatable bonds is 6. The van der Waals surface area contributed by atoms with Crippen molar-refractivity contribution in [3.05, 3.63) is 207 Å². The Bertz CT molecular complexity index is 3000. The van der Waals surface area contributed by atoms with E-state index in [0.29, 0.717) is 0 Å². The molecule has 0 unspecified atom stereocenters. The van der Waals surface area contributed by atoms with Crippen LogP contribution in [0.3, 0.4) is 0 Å². The lowest BCUT2D eigenvalue weighted by molar-refractivity contribution is 0.332. The number of anilines is 3. The van der Waals surface area contributed by atoms with Crippen molar-refractivity contribution in [2.24, 2.45) is 0 Å². The molecule has 11 rings (SSSR count). The molecule has 7 aromatic rings. The van der Waals surface area contributed by atoms with Crippen LogP contribution in [0.25, 0.3) is 22.3 Å². The second kappa shape index (κ2) is 15.2. The van der Waals surface area contributed by atoms with Crippen LogP contribution >= 0.6 is 0 Å². The summed E-state index contributed by atoms with van der Waals surface area (Å²) in [5.74, 6) is 0. The number of fused-ring (bicyclic) bond motifs is 6. The van der Waals surface area contributed by atoms with Crippen LogP contribution in [0, 0.1) is 0 Å². The summed E-state index contributed by atoms with van der Waals surface area (Å²) in [6.45, 7) is 29.5. The first kappa shape index (κ1) is 44.8. The van der Waals surface area contributed by atoms with Gasteiger partial charge in [0, 0.05) is 16.9 Å². The fourth-order valence-electron chi connectivity index (χ4n) is 13.5. The third-order valence-corrected chi connectivity index (χ3v) is 18.2. The lowest BCUT2D eigenvalue weighted by Crippen LogP contribution is -2.34. The maximum atomic E-state index is 2.68. The molecule has 7 aromatic carbocycles. The Labute approximate surface area is 409 Å². The minimum absolute atomic E-state index is 0.0451. The summed E-state index contributed by atoms with van der Waals surface area (Å²) in [4.78, 5) is 2.68. The Kier molecular flexibility index (Phi) is 10.00. The maximum Gasteiger partial charge on any atom is 0.0714 e. The minimum Gasteiger partial charge on any atom is -0.310 e. The Morgan fingerprint density at radius 2 is 0.691 bits per heavy atom. The van der Waals surface area contributed by atoms with Crippen LogP contribution in [0.5, 0.6) is 0 Å². The predicted octanol–water partition coefficient (Wildman–Crippen LogP) is 18.2. The highest BCUT2D eigenvalue weighted by atomic mass is 15.1. The zero-order valence-corrected chi connectivity index (χ0v) is 43.1. The van der Waals surface area contributed by atoms with E-state index >= 15 is 0 Å². The molecule has 0 heterocycles. The average Bonchev–Trinajstić information content (AvgIpc) is 3.61. The van der Waals surface area contributed by atoms with Gasteiger partial charge in [0.05, 0.1) is 11.1 Å². The molecule has 1 nitrogen and oxygen atoms in total. The second-order valence-corrected chi connectivity index (χ2v) is 25.3. The average molecular weight is 892 g/mol. The molecule has 0 fully saturated rings. The van der Waals surface area contributed by atoms with Gasteiger partial charge < -0.3 is 4.90 Å². The number of hydrogen-bond acceptors (Lipinski definition) is 1. The molecule has 0 aromatic heterocycles. The first-order chi connectivity index (χ1) is 32.2. The molecular weight excluding hydrogens is 819 g/mol. The number of benzene rings is 7. The van der Waals surface area contributed by atoms with Gasteiger partial charge in [0.1, 0.15) is 0 Å². The molecule has 68 heavy (non-hydrogen) atoms. The first-order valence-corrected chi connectivity index (χ1v) is 25.8. The third-order valence-electron chi connectivity index (χ3n) is 18.2. The highest BCUT2D eigenvalue weighted by Gasteiger charge is 2.48. The molecule has 0 spiro atoms. The Morgan fingerprint density at radius 3 is 1.16 bits per heavy atom. The van der Waals surface area contributed by atoms with E-state index in [2.05, 4.69) is 240 Å². The van der Waals surface area contributed by atoms with Gasteiger partial charge in [-0.2, -0.15) is 0 Å². The minimum atomic E-state index is -0.543. The van der Waals surface area contributed by atoms with Crippen LogP contribution in [0.15, 0.2) is 152 Å². The largest absolute Gasteiger partial charge is 0.310 e. The van der Waals surface area contributed by atoms with Crippen LogP contribution in [0.4, 0.5) is 17.1 Å². The molecule has 0 saturated carbocycles. The molecule has 1 heteroatoms. The third kappa shape index (κ3) is 6.76. The van der Waals surface area contributed by atoms with Crippen molar-refractivity contribution in [3.8, 4) is 22.3 Å². The summed E-state index contributed by atoms with van der Waals surface area (Å²) >= 11 is 0. The first-order valence-electron chi connectivity index (χ1n) is 25.8. The van der Waals surface area contributed by atoms with Gasteiger partial charge in [0.25, 0.3) is 0 Å². The highest BCUT2D eigenvalue weighted by Crippen LogP contribution is 2.60. The van der Waals surface area contributed by atoms with Gasteiger partial charge >= 0.3 is 0 Å². The summed E-state index contributed by atoms with van der Waals surface area (Å²) in [6, 6.07) is 59.8. The van der Waals surface area contributed by atoms with Crippen molar-refractivity contribution in [3.63, 3.8) is 0 Å². The van der Waals surface area contributed by atoms with Crippen molar-refractivity contribution in [1.82, 2.24) is 0 Å². The topological polar surface area (TPSA) is 3.24 Å². The van der Waals surface area contributed by atoms with Crippen molar-refractivity contribution in [1.29, 1.82) is 0 Å². The lowest BCUT2D eigenvalue weighted by Gasteiger charge is -2.44. The van der Waals surface area contributed by atoms with E-state index in [0.717, 1.165) is 0 Å². The molecule has 0 aliphatic heterocycles. The molecule has 346 valence electrons. The van der Waals surface area contributed by atoms with Gasteiger partial charge in [-0.1, -0.05) is 198 Å². The van der Waals surface area contributed by atoms with E-state index in [-0.39, 0.29) is 32.5 Å². The van der Waals surface area contributed by atoms with Gasteiger partial charge in [-0.3, -0.25) is 0 Å². The fourth-order valence-corrected chi connectivity index (χ4v) is 13.5. The highest BCUT2D eigenvalue weighted by molar-refractivity contribution is 5.97. The van der Waals surface area contributed by atoms with Crippen LogP contribution in [0.2, 0.25) is 0 Å². The van der Waals surface area contributed by atoms with Crippen molar-refractivity contribution in [2.75, 3.05) is 4.90 Å². The Morgan fingerprint density at radius 1 is 0.294 bits per heavy atom. The van der Waals surface area contributed by atoms with E-state index in [4.69, 9.17) is 0 Å². The predicted molar refractivity (Wildman–Crippen MR) is 290 cm³/mol. The molecule has 0 bridgehead atoms. The molecule has 0 amide bonds. The van der Waals surface area contributed by atoms with Gasteiger partial charge in [0.2, 0.25) is 0 Å². The van der Waals surface area contributed by atoms with E-state index in [9.17, 15) is 0 Å². The molecule has 4 aliphatic rings. The molecule has 0 atom stereocenters. The maximum absolute atomic E-state index is 2.68. The second-order valence-electron chi connectivity index (χ2n) is 25.3. The molecule has 4 aliphatic carbocycles. The van der Waals surface area contributed by atoms with Crippen molar-refractivity contribution >= 4 is 17.1 Å².